The van der Waals surface area contributed by atoms with E-state index in [1.165, 1.54) is 25.7 Å². The summed E-state index contributed by atoms with van der Waals surface area (Å²) in [6, 6.07) is 0. The van der Waals surface area contributed by atoms with Crippen molar-refractivity contribution in [1.82, 2.24) is 5.32 Å². The van der Waals surface area contributed by atoms with E-state index >= 15 is 0 Å². The summed E-state index contributed by atoms with van der Waals surface area (Å²) in [4.78, 5) is 23.8. The maximum Gasteiger partial charge on any atom is 0.307 e. The fourth-order valence-corrected chi connectivity index (χ4v) is 4.10. The van der Waals surface area contributed by atoms with Gasteiger partial charge in [0.1, 0.15) is 0 Å². The first-order valence-corrected chi connectivity index (χ1v) is 8.53. The molecule has 0 aromatic heterocycles. The number of hydrogen-bond acceptors (Lipinski definition) is 2. The molecule has 0 aliphatic heterocycles. The van der Waals surface area contributed by atoms with Crippen molar-refractivity contribution in [3.8, 4) is 0 Å². The molecule has 0 radical (unpaired) electrons. The number of carbonyl (C=O) groups is 2. The Labute approximate surface area is 127 Å². The normalized spacial score (nSPS) is 36.4. The van der Waals surface area contributed by atoms with E-state index < -0.39 is 11.9 Å². The molecule has 0 heterocycles. The average molecular weight is 295 g/mol. The van der Waals surface area contributed by atoms with Gasteiger partial charge in [0.05, 0.1) is 11.8 Å². The van der Waals surface area contributed by atoms with Crippen LogP contribution in [0.15, 0.2) is 0 Å². The van der Waals surface area contributed by atoms with E-state index in [0.717, 1.165) is 19.4 Å². The predicted octanol–water partition coefficient (Wildman–Crippen LogP) is 3.07. The van der Waals surface area contributed by atoms with Crippen molar-refractivity contribution >= 4 is 11.9 Å². The van der Waals surface area contributed by atoms with Crippen LogP contribution in [-0.2, 0) is 9.59 Å². The third-order valence-corrected chi connectivity index (χ3v) is 5.72. The van der Waals surface area contributed by atoms with Crippen LogP contribution < -0.4 is 5.32 Å². The van der Waals surface area contributed by atoms with E-state index in [1.807, 2.05) is 0 Å². The van der Waals surface area contributed by atoms with Crippen molar-refractivity contribution in [2.45, 2.75) is 58.8 Å². The Morgan fingerprint density at radius 2 is 1.81 bits per heavy atom. The molecule has 21 heavy (non-hydrogen) atoms. The highest BCUT2D eigenvalue weighted by Crippen LogP contribution is 2.38. The number of nitrogens with one attached hydrogen (secondary N) is 1. The van der Waals surface area contributed by atoms with Crippen molar-refractivity contribution < 1.29 is 14.7 Å². The smallest absolute Gasteiger partial charge is 0.307 e. The van der Waals surface area contributed by atoms with Gasteiger partial charge in [-0.3, -0.25) is 9.59 Å². The summed E-state index contributed by atoms with van der Waals surface area (Å²) in [5, 5.41) is 12.4. The first-order valence-electron chi connectivity index (χ1n) is 8.53. The molecule has 1 amide bonds. The van der Waals surface area contributed by atoms with Crippen molar-refractivity contribution in [2.75, 3.05) is 6.54 Å². The molecule has 2 rings (SSSR count). The number of hydrogen-bond donors (Lipinski definition) is 2. The van der Waals surface area contributed by atoms with Crippen LogP contribution in [0.4, 0.5) is 0 Å². The topological polar surface area (TPSA) is 66.4 Å². The number of carboxylic acid groups (broad SMARTS) is 1. The molecular weight excluding hydrogens is 266 g/mol. The fourth-order valence-electron chi connectivity index (χ4n) is 4.10. The lowest BCUT2D eigenvalue weighted by Gasteiger charge is -2.29. The Kier molecular flexibility index (Phi) is 5.65. The molecule has 2 N–H and O–H groups in total. The quantitative estimate of drug-likeness (QED) is 0.819. The van der Waals surface area contributed by atoms with Gasteiger partial charge in [0.15, 0.2) is 0 Å². The van der Waals surface area contributed by atoms with Crippen LogP contribution in [0.2, 0.25) is 0 Å². The maximum atomic E-state index is 12.4. The Hall–Kier alpha value is -1.06. The van der Waals surface area contributed by atoms with Gasteiger partial charge in [-0.2, -0.15) is 0 Å². The van der Waals surface area contributed by atoms with Crippen molar-refractivity contribution in [3.63, 3.8) is 0 Å². The number of aliphatic carboxylic acids is 1. The van der Waals surface area contributed by atoms with E-state index in [2.05, 4.69) is 19.2 Å². The van der Waals surface area contributed by atoms with Crippen LogP contribution in [0.25, 0.3) is 0 Å². The van der Waals surface area contributed by atoms with Gasteiger partial charge in [0, 0.05) is 6.54 Å². The van der Waals surface area contributed by atoms with E-state index in [1.54, 1.807) is 0 Å². The van der Waals surface area contributed by atoms with Crippen LogP contribution in [0.1, 0.15) is 58.8 Å². The minimum Gasteiger partial charge on any atom is -0.481 e. The van der Waals surface area contributed by atoms with Gasteiger partial charge in [-0.05, 0) is 37.0 Å². The van der Waals surface area contributed by atoms with Gasteiger partial charge in [-0.25, -0.2) is 0 Å². The summed E-state index contributed by atoms with van der Waals surface area (Å²) >= 11 is 0. The molecule has 2 saturated carbocycles. The van der Waals surface area contributed by atoms with Gasteiger partial charge >= 0.3 is 5.97 Å². The molecule has 120 valence electrons. The third-order valence-electron chi connectivity index (χ3n) is 5.72. The third kappa shape index (κ3) is 3.98. The highest BCUT2D eigenvalue weighted by molar-refractivity contribution is 5.85. The lowest BCUT2D eigenvalue weighted by atomic mass is 9.80. The molecule has 4 heteroatoms. The molecule has 3 unspecified atom stereocenters. The summed E-state index contributed by atoms with van der Waals surface area (Å²) < 4.78 is 0. The Morgan fingerprint density at radius 3 is 2.43 bits per heavy atom. The fraction of sp³-hybridized carbons (Fsp3) is 0.882. The monoisotopic (exact) mass is 295 g/mol. The van der Waals surface area contributed by atoms with Crippen LogP contribution >= 0.6 is 0 Å². The minimum absolute atomic E-state index is 0.0314. The molecule has 2 aliphatic rings. The van der Waals surface area contributed by atoms with Gasteiger partial charge < -0.3 is 10.4 Å². The Balaban J connectivity index is 1.88. The zero-order chi connectivity index (χ0) is 15.4. The lowest BCUT2D eigenvalue weighted by molar-refractivity contribution is -0.146. The largest absolute Gasteiger partial charge is 0.481 e. The Morgan fingerprint density at radius 1 is 1.14 bits per heavy atom. The SMILES string of the molecule is CCC1C[C@H](C(=O)NCC2CCCCC2C)[C@H](C(=O)O)C1. The molecule has 0 aromatic rings. The van der Waals surface area contributed by atoms with E-state index in [4.69, 9.17) is 0 Å². The van der Waals surface area contributed by atoms with E-state index in [0.29, 0.717) is 24.2 Å². The highest BCUT2D eigenvalue weighted by Gasteiger charge is 2.42. The van der Waals surface area contributed by atoms with Gasteiger partial charge in [-0.15, -0.1) is 0 Å². The number of amides is 1. The molecule has 5 atom stereocenters. The van der Waals surface area contributed by atoms with Crippen LogP contribution in [0.3, 0.4) is 0 Å². The minimum atomic E-state index is -0.808. The molecule has 2 fully saturated rings. The van der Waals surface area contributed by atoms with E-state index in [9.17, 15) is 14.7 Å². The van der Waals surface area contributed by atoms with Crippen molar-refractivity contribution in [1.29, 1.82) is 0 Å². The molecule has 0 saturated heterocycles. The summed E-state index contributed by atoms with van der Waals surface area (Å²) in [5.74, 6) is -0.0376. The predicted molar refractivity (Wildman–Crippen MR) is 81.8 cm³/mol. The second-order valence-corrected chi connectivity index (χ2v) is 7.06. The standard InChI is InChI=1S/C17H29NO3/c1-3-12-8-14(15(9-12)17(20)21)16(19)18-10-13-7-5-4-6-11(13)2/h11-15H,3-10H2,1-2H3,(H,18,19)(H,20,21)/t11?,12?,13?,14-,15+/m0/s1. The van der Waals surface area contributed by atoms with Gasteiger partial charge in [0.25, 0.3) is 0 Å². The summed E-state index contributed by atoms with van der Waals surface area (Å²) in [6.07, 6.45) is 7.35. The highest BCUT2D eigenvalue weighted by atomic mass is 16.4. The average Bonchev–Trinajstić information content (AvgIpc) is 2.90. The first kappa shape index (κ1) is 16.3. The number of carbonyl (C=O) groups excluding carboxylic acids is 1. The second-order valence-electron chi connectivity index (χ2n) is 7.06. The van der Waals surface area contributed by atoms with Crippen LogP contribution in [0.5, 0.6) is 0 Å². The molecule has 0 spiro atoms. The second kappa shape index (κ2) is 7.28. The molecule has 0 aromatic carbocycles. The van der Waals surface area contributed by atoms with E-state index in [-0.39, 0.29) is 11.8 Å². The molecule has 4 nitrogen and oxygen atoms in total. The lowest BCUT2D eigenvalue weighted by Crippen LogP contribution is -2.39. The summed E-state index contributed by atoms with van der Waals surface area (Å²) in [7, 11) is 0. The number of carboxylic acids is 1. The summed E-state index contributed by atoms with van der Waals surface area (Å²) in [6.45, 7) is 5.06. The zero-order valence-corrected chi connectivity index (χ0v) is 13.3. The van der Waals surface area contributed by atoms with Crippen LogP contribution in [0, 0.1) is 29.6 Å². The van der Waals surface area contributed by atoms with Gasteiger partial charge in [0.2, 0.25) is 5.91 Å². The number of rotatable bonds is 5. The first-order chi connectivity index (χ1) is 10.0. The zero-order valence-electron chi connectivity index (χ0n) is 13.3. The molecular formula is C17H29NO3. The van der Waals surface area contributed by atoms with Crippen molar-refractivity contribution in [3.05, 3.63) is 0 Å². The summed E-state index contributed by atoms with van der Waals surface area (Å²) in [5.41, 5.74) is 0. The Bertz CT molecular complexity index is 382. The van der Waals surface area contributed by atoms with Gasteiger partial charge in [-0.1, -0.05) is 39.5 Å². The molecule has 2 aliphatic carbocycles. The van der Waals surface area contributed by atoms with Crippen LogP contribution in [-0.4, -0.2) is 23.5 Å². The van der Waals surface area contributed by atoms with Crippen molar-refractivity contribution in [2.24, 2.45) is 29.6 Å². The molecule has 0 bridgehead atoms. The maximum absolute atomic E-state index is 12.4.